The van der Waals surface area contributed by atoms with Crippen LogP contribution in [0.25, 0.3) is 0 Å². The number of halogens is 1. The van der Waals surface area contributed by atoms with Gasteiger partial charge in [0.25, 0.3) is 5.91 Å². The van der Waals surface area contributed by atoms with Crippen molar-refractivity contribution in [2.75, 3.05) is 11.9 Å². The van der Waals surface area contributed by atoms with E-state index in [0.717, 1.165) is 12.8 Å². The summed E-state index contributed by atoms with van der Waals surface area (Å²) in [6.45, 7) is 8.98. The summed E-state index contributed by atoms with van der Waals surface area (Å²) >= 11 is 6.35. The van der Waals surface area contributed by atoms with E-state index >= 15 is 0 Å². The van der Waals surface area contributed by atoms with E-state index in [4.69, 9.17) is 21.1 Å². The fourth-order valence-electron chi connectivity index (χ4n) is 5.87. The van der Waals surface area contributed by atoms with E-state index < -0.39 is 41.7 Å². The Balaban J connectivity index is 1.54. The number of fused-ring (bicyclic) bond motifs is 2. The largest absolute Gasteiger partial charge is 0.433 e. The molecule has 1 aliphatic carbocycles. The molecule has 0 radical (unpaired) electrons. The molecule has 11 nitrogen and oxygen atoms in total. The third-order valence-corrected chi connectivity index (χ3v) is 7.96. The van der Waals surface area contributed by atoms with Crippen molar-refractivity contribution in [3.8, 4) is 0 Å². The van der Waals surface area contributed by atoms with Gasteiger partial charge in [0.15, 0.2) is 0 Å². The lowest BCUT2D eigenvalue weighted by atomic mass is 9.84. The molecule has 6 atom stereocenters. The number of likely N-dealkylation sites (tertiary alicyclic amines) is 1. The van der Waals surface area contributed by atoms with Crippen molar-refractivity contribution in [3.05, 3.63) is 28.8 Å². The minimum absolute atomic E-state index is 0.00662. The summed E-state index contributed by atoms with van der Waals surface area (Å²) in [4.78, 5) is 65.9. The summed E-state index contributed by atoms with van der Waals surface area (Å²) in [7, 11) is 0. The number of nitrogens with one attached hydrogen (secondary N) is 3. The predicted molar refractivity (Wildman–Crippen MR) is 146 cm³/mol. The van der Waals surface area contributed by atoms with Crippen LogP contribution in [-0.4, -0.2) is 71.6 Å². The molecule has 3 fully saturated rings. The Kier molecular flexibility index (Phi) is 8.75. The molecular weight excluding hydrogens is 540 g/mol. The SMILES string of the molecule is CCO[C@@H]1OC(=O)CC1NC(=O)C1[C@H]2CCC(C2)N1C(=O)[C@@H](NC(=O)c1ccc(NC(C)=O)cc1Cl)C(C)(C)C. The maximum absolute atomic E-state index is 14.1. The number of esters is 1. The summed E-state index contributed by atoms with van der Waals surface area (Å²) in [6.07, 6.45) is 1.40. The zero-order valence-corrected chi connectivity index (χ0v) is 24.2. The van der Waals surface area contributed by atoms with E-state index in [-0.39, 0.29) is 46.7 Å². The normalized spacial score (nSPS) is 26.3. The highest BCUT2D eigenvalue weighted by molar-refractivity contribution is 6.34. The number of hydrogen-bond donors (Lipinski definition) is 3. The number of cyclic esters (lactones) is 1. The molecule has 1 aromatic carbocycles. The third-order valence-electron chi connectivity index (χ3n) is 7.65. The molecule has 2 bridgehead atoms. The number of carbonyl (C=O) groups is 5. The molecule has 2 aliphatic heterocycles. The summed E-state index contributed by atoms with van der Waals surface area (Å²) in [5.41, 5.74) is -0.0902. The first-order valence-corrected chi connectivity index (χ1v) is 14.0. The average molecular weight is 577 g/mol. The molecular formula is C28H37ClN4O7. The highest BCUT2D eigenvalue weighted by atomic mass is 35.5. The monoisotopic (exact) mass is 576 g/mol. The Morgan fingerprint density at radius 1 is 1.20 bits per heavy atom. The van der Waals surface area contributed by atoms with Crippen LogP contribution in [0.3, 0.4) is 0 Å². The molecule has 1 aromatic rings. The Hall–Kier alpha value is -3.18. The Bertz CT molecular complexity index is 1200. The van der Waals surface area contributed by atoms with Gasteiger partial charge in [-0.25, -0.2) is 0 Å². The van der Waals surface area contributed by atoms with Gasteiger partial charge in [-0.05, 0) is 55.7 Å². The molecule has 3 aliphatic rings. The molecule has 3 unspecified atom stereocenters. The maximum Gasteiger partial charge on any atom is 0.310 e. The van der Waals surface area contributed by atoms with E-state index in [9.17, 15) is 24.0 Å². The van der Waals surface area contributed by atoms with Crippen LogP contribution in [0, 0.1) is 11.3 Å². The lowest BCUT2D eigenvalue weighted by molar-refractivity contribution is -0.165. The number of piperidine rings is 1. The molecule has 1 saturated carbocycles. The number of nitrogens with zero attached hydrogens (tertiary/aromatic N) is 1. The number of anilines is 1. The smallest absolute Gasteiger partial charge is 0.310 e. The second kappa shape index (κ2) is 11.7. The van der Waals surface area contributed by atoms with Crippen molar-refractivity contribution < 1.29 is 33.4 Å². The first-order valence-electron chi connectivity index (χ1n) is 13.6. The summed E-state index contributed by atoms with van der Waals surface area (Å²) < 4.78 is 10.7. The molecule has 4 rings (SSSR count). The Morgan fingerprint density at radius 3 is 2.55 bits per heavy atom. The topological polar surface area (TPSA) is 143 Å². The van der Waals surface area contributed by atoms with Crippen molar-refractivity contribution in [2.45, 2.75) is 90.8 Å². The van der Waals surface area contributed by atoms with Gasteiger partial charge in [-0.3, -0.25) is 24.0 Å². The Labute approximate surface area is 238 Å². The second-order valence-corrected chi connectivity index (χ2v) is 12.1. The zero-order chi connectivity index (χ0) is 29.4. The number of carbonyl (C=O) groups excluding carboxylic acids is 5. The van der Waals surface area contributed by atoms with Crippen molar-refractivity contribution >= 4 is 46.9 Å². The van der Waals surface area contributed by atoms with E-state index in [2.05, 4.69) is 16.0 Å². The zero-order valence-electron chi connectivity index (χ0n) is 23.4. The first-order chi connectivity index (χ1) is 18.8. The summed E-state index contributed by atoms with van der Waals surface area (Å²) in [6, 6.07) is 2.07. The fourth-order valence-corrected chi connectivity index (χ4v) is 6.13. The maximum atomic E-state index is 14.1. The van der Waals surface area contributed by atoms with Crippen molar-refractivity contribution in [2.24, 2.45) is 11.3 Å². The summed E-state index contributed by atoms with van der Waals surface area (Å²) in [5, 5.41) is 8.48. The van der Waals surface area contributed by atoms with Gasteiger partial charge < -0.3 is 30.3 Å². The van der Waals surface area contributed by atoms with Gasteiger partial charge in [0.05, 0.1) is 17.0 Å². The van der Waals surface area contributed by atoms with Crippen LogP contribution in [0.2, 0.25) is 5.02 Å². The summed E-state index contributed by atoms with van der Waals surface area (Å²) in [5.74, 6) is -2.00. The van der Waals surface area contributed by atoms with Crippen LogP contribution >= 0.6 is 11.6 Å². The van der Waals surface area contributed by atoms with Gasteiger partial charge in [-0.1, -0.05) is 32.4 Å². The van der Waals surface area contributed by atoms with Gasteiger partial charge in [0, 0.05) is 25.3 Å². The van der Waals surface area contributed by atoms with Crippen LogP contribution in [-0.2, 0) is 28.7 Å². The van der Waals surface area contributed by atoms with Crippen molar-refractivity contribution in [1.29, 1.82) is 0 Å². The molecule has 40 heavy (non-hydrogen) atoms. The lowest BCUT2D eigenvalue weighted by Crippen LogP contribution is -2.62. The van der Waals surface area contributed by atoms with E-state index in [0.29, 0.717) is 18.7 Å². The third kappa shape index (κ3) is 6.25. The first kappa shape index (κ1) is 29.8. The molecule has 0 spiro atoms. The molecule has 2 saturated heterocycles. The van der Waals surface area contributed by atoms with E-state index in [1.807, 2.05) is 20.8 Å². The quantitative estimate of drug-likeness (QED) is 0.404. The Morgan fingerprint density at radius 2 is 1.93 bits per heavy atom. The van der Waals surface area contributed by atoms with Gasteiger partial charge >= 0.3 is 5.97 Å². The van der Waals surface area contributed by atoms with Gasteiger partial charge in [-0.2, -0.15) is 0 Å². The van der Waals surface area contributed by atoms with Gasteiger partial charge in [0.1, 0.15) is 18.1 Å². The molecule has 3 N–H and O–H groups in total. The van der Waals surface area contributed by atoms with Crippen molar-refractivity contribution in [1.82, 2.24) is 15.5 Å². The fraction of sp³-hybridized carbons (Fsp3) is 0.607. The molecule has 4 amide bonds. The predicted octanol–water partition coefficient (Wildman–Crippen LogP) is 2.62. The number of benzene rings is 1. The van der Waals surface area contributed by atoms with E-state index in [1.54, 1.807) is 17.9 Å². The molecule has 218 valence electrons. The van der Waals surface area contributed by atoms with Crippen LogP contribution in [0.4, 0.5) is 5.69 Å². The lowest BCUT2D eigenvalue weighted by Gasteiger charge is -2.40. The van der Waals surface area contributed by atoms with Gasteiger partial charge in [-0.15, -0.1) is 0 Å². The van der Waals surface area contributed by atoms with Crippen LogP contribution in [0.15, 0.2) is 18.2 Å². The second-order valence-electron chi connectivity index (χ2n) is 11.7. The van der Waals surface area contributed by atoms with Crippen LogP contribution < -0.4 is 16.0 Å². The minimum atomic E-state index is -0.951. The minimum Gasteiger partial charge on any atom is -0.433 e. The molecule has 12 heteroatoms. The number of rotatable bonds is 8. The standard InChI is InChI=1S/C28H37ClN4O7/c1-6-39-27-20(13-21(35)40-27)31-25(37)22-15-7-9-17(11-15)33(22)26(38)23(28(3,4)5)32-24(36)18-10-8-16(12-19(18)29)30-14(2)34/h8,10,12,15,17,20,22-23,27H,6-7,9,11,13H2,1-5H3,(H,30,34)(H,31,37)(H,32,36)/t15-,17?,20?,22?,23+,27+/m0/s1. The average Bonchev–Trinajstić information content (AvgIpc) is 3.56. The highest BCUT2D eigenvalue weighted by Crippen LogP contribution is 2.44. The molecule has 0 aromatic heterocycles. The van der Waals surface area contributed by atoms with E-state index in [1.165, 1.54) is 19.1 Å². The number of hydrogen-bond acceptors (Lipinski definition) is 7. The van der Waals surface area contributed by atoms with Crippen LogP contribution in [0.1, 0.15) is 70.7 Å². The molecule has 2 heterocycles. The van der Waals surface area contributed by atoms with Crippen molar-refractivity contribution in [3.63, 3.8) is 0 Å². The van der Waals surface area contributed by atoms with Crippen LogP contribution in [0.5, 0.6) is 0 Å². The van der Waals surface area contributed by atoms with Gasteiger partial charge in [0.2, 0.25) is 24.0 Å². The number of amides is 4. The number of ether oxygens (including phenoxy) is 2. The highest BCUT2D eigenvalue weighted by Gasteiger charge is 2.54.